The van der Waals surface area contributed by atoms with Crippen molar-refractivity contribution in [3.63, 3.8) is 0 Å². The summed E-state index contributed by atoms with van der Waals surface area (Å²) in [6, 6.07) is 2.02. The quantitative estimate of drug-likeness (QED) is 0.556. The zero-order chi connectivity index (χ0) is 13.1. The van der Waals surface area contributed by atoms with Crippen molar-refractivity contribution in [3.05, 3.63) is 0 Å². The molecule has 4 heteroatoms. The fourth-order valence-electron chi connectivity index (χ4n) is 4.00. The minimum atomic E-state index is 0.442. The van der Waals surface area contributed by atoms with Crippen molar-refractivity contribution in [2.75, 3.05) is 20.8 Å². The van der Waals surface area contributed by atoms with Crippen LogP contribution in [-0.2, 0) is 4.74 Å². The molecule has 2 bridgehead atoms. The molecule has 0 radical (unpaired) electrons. The zero-order valence-corrected chi connectivity index (χ0v) is 12.1. The van der Waals surface area contributed by atoms with E-state index in [0.717, 1.165) is 31.0 Å². The fourth-order valence-corrected chi connectivity index (χ4v) is 4.00. The molecule has 4 atom stereocenters. The first kappa shape index (κ1) is 14.3. The third kappa shape index (κ3) is 2.87. The average molecular weight is 255 g/mol. The van der Waals surface area contributed by atoms with E-state index in [1.807, 2.05) is 0 Å². The Kier molecular flexibility index (Phi) is 5.01. The van der Waals surface area contributed by atoms with Gasteiger partial charge in [0.1, 0.15) is 0 Å². The predicted octanol–water partition coefficient (Wildman–Crippen LogP) is 1.36. The number of piperidine rings is 1. The number of methoxy groups -OCH3 is 1. The van der Waals surface area contributed by atoms with Crippen molar-refractivity contribution >= 4 is 0 Å². The van der Waals surface area contributed by atoms with Gasteiger partial charge in [0.05, 0.1) is 0 Å². The summed E-state index contributed by atoms with van der Waals surface area (Å²) in [4.78, 5) is 2.59. The van der Waals surface area contributed by atoms with Crippen LogP contribution in [0.3, 0.4) is 0 Å². The van der Waals surface area contributed by atoms with Gasteiger partial charge in [0, 0.05) is 31.8 Å². The number of ether oxygens (including phenoxy) is 1. The van der Waals surface area contributed by atoms with Gasteiger partial charge >= 0.3 is 0 Å². The van der Waals surface area contributed by atoms with E-state index >= 15 is 0 Å². The minimum Gasteiger partial charge on any atom is -0.385 e. The van der Waals surface area contributed by atoms with E-state index in [1.54, 1.807) is 7.11 Å². The first-order valence-electron chi connectivity index (χ1n) is 7.34. The fraction of sp³-hybridized carbons (Fsp3) is 1.00. The minimum absolute atomic E-state index is 0.442. The van der Waals surface area contributed by atoms with Gasteiger partial charge in [0.25, 0.3) is 0 Å². The number of rotatable bonds is 6. The van der Waals surface area contributed by atoms with Crippen molar-refractivity contribution in [3.8, 4) is 0 Å². The van der Waals surface area contributed by atoms with Gasteiger partial charge in [0.2, 0.25) is 0 Å². The van der Waals surface area contributed by atoms with Gasteiger partial charge in [-0.1, -0.05) is 6.92 Å². The molecule has 2 saturated heterocycles. The summed E-state index contributed by atoms with van der Waals surface area (Å²) >= 11 is 0. The third-order valence-electron chi connectivity index (χ3n) is 5.23. The lowest BCUT2D eigenvalue weighted by Gasteiger charge is -2.41. The number of fused-ring (bicyclic) bond motifs is 2. The molecule has 3 N–H and O–H groups in total. The summed E-state index contributed by atoms with van der Waals surface area (Å²) in [5, 5.41) is 0. The second-order valence-corrected chi connectivity index (χ2v) is 6.23. The van der Waals surface area contributed by atoms with E-state index in [-0.39, 0.29) is 0 Å². The molecule has 0 amide bonds. The summed E-state index contributed by atoms with van der Waals surface area (Å²) in [5.74, 6) is 7.14. The Balaban J connectivity index is 1.92. The van der Waals surface area contributed by atoms with E-state index in [1.165, 1.54) is 25.7 Å². The second kappa shape index (κ2) is 6.33. The molecule has 2 aliphatic rings. The average Bonchev–Trinajstić information content (AvgIpc) is 2.60. The van der Waals surface area contributed by atoms with Crippen LogP contribution in [0.5, 0.6) is 0 Å². The largest absolute Gasteiger partial charge is 0.385 e. The molecule has 2 rings (SSSR count). The Bertz CT molecular complexity index is 247. The van der Waals surface area contributed by atoms with E-state index in [4.69, 9.17) is 10.6 Å². The highest BCUT2D eigenvalue weighted by molar-refractivity contribution is 4.97. The Hall–Kier alpha value is -0.160. The number of nitrogens with zero attached hydrogens (tertiary/aromatic N) is 1. The van der Waals surface area contributed by atoms with E-state index in [2.05, 4.69) is 24.3 Å². The third-order valence-corrected chi connectivity index (χ3v) is 5.23. The van der Waals surface area contributed by atoms with Crippen molar-refractivity contribution in [1.29, 1.82) is 0 Å². The molecule has 4 unspecified atom stereocenters. The Labute approximate surface area is 111 Å². The van der Waals surface area contributed by atoms with Crippen LogP contribution < -0.4 is 11.3 Å². The van der Waals surface area contributed by atoms with Crippen LogP contribution >= 0.6 is 0 Å². The Morgan fingerprint density at radius 2 is 1.94 bits per heavy atom. The van der Waals surface area contributed by atoms with Crippen LogP contribution in [0.2, 0.25) is 0 Å². The topological polar surface area (TPSA) is 50.5 Å². The maximum absolute atomic E-state index is 5.82. The van der Waals surface area contributed by atoms with Crippen LogP contribution in [-0.4, -0.2) is 43.8 Å². The molecule has 0 aliphatic carbocycles. The van der Waals surface area contributed by atoms with Crippen LogP contribution in [0.4, 0.5) is 0 Å². The van der Waals surface area contributed by atoms with Gasteiger partial charge in [-0.25, -0.2) is 0 Å². The van der Waals surface area contributed by atoms with Gasteiger partial charge in [-0.05, 0) is 51.0 Å². The summed E-state index contributed by atoms with van der Waals surface area (Å²) < 4.78 is 5.19. The molecule has 4 nitrogen and oxygen atoms in total. The molecule has 0 saturated carbocycles. The van der Waals surface area contributed by atoms with Crippen molar-refractivity contribution in [2.24, 2.45) is 17.7 Å². The predicted molar refractivity (Wildman–Crippen MR) is 74.1 cm³/mol. The lowest BCUT2D eigenvalue weighted by molar-refractivity contribution is 0.0882. The van der Waals surface area contributed by atoms with Crippen LogP contribution in [0, 0.1) is 11.8 Å². The standard InChI is InChI=1S/C14H29N3O/c1-10(6-7-18-3)14(16-15)11-8-12-4-5-13(9-11)17(12)2/h10-14,16H,4-9,15H2,1-3H3. The number of nitrogens with two attached hydrogens (primary N) is 1. The highest BCUT2D eigenvalue weighted by Crippen LogP contribution is 2.40. The maximum atomic E-state index is 5.82. The van der Waals surface area contributed by atoms with Gasteiger partial charge in [-0.2, -0.15) is 0 Å². The molecule has 0 spiro atoms. The first-order valence-corrected chi connectivity index (χ1v) is 7.34. The normalized spacial score (nSPS) is 35.7. The molecule has 2 aliphatic heterocycles. The summed E-state index contributed by atoms with van der Waals surface area (Å²) in [5.41, 5.74) is 3.09. The molecule has 0 aromatic heterocycles. The van der Waals surface area contributed by atoms with Crippen molar-refractivity contribution in [1.82, 2.24) is 10.3 Å². The molecular weight excluding hydrogens is 226 g/mol. The molecule has 2 heterocycles. The first-order chi connectivity index (χ1) is 8.67. The van der Waals surface area contributed by atoms with Gasteiger partial charge in [-0.3, -0.25) is 11.3 Å². The SMILES string of the molecule is COCCC(C)C(NN)C1CC2CCC(C1)N2C. The molecule has 0 aromatic carbocycles. The second-order valence-electron chi connectivity index (χ2n) is 6.23. The summed E-state index contributed by atoms with van der Waals surface area (Å²) in [6.07, 6.45) is 6.45. The van der Waals surface area contributed by atoms with E-state index < -0.39 is 0 Å². The summed E-state index contributed by atoms with van der Waals surface area (Å²) in [7, 11) is 4.06. The number of hydrogen-bond donors (Lipinski definition) is 2. The molecule has 2 fully saturated rings. The van der Waals surface area contributed by atoms with Gasteiger partial charge in [-0.15, -0.1) is 0 Å². The lowest BCUT2D eigenvalue weighted by Crippen LogP contribution is -2.51. The van der Waals surface area contributed by atoms with E-state index in [0.29, 0.717) is 12.0 Å². The zero-order valence-electron chi connectivity index (χ0n) is 12.1. The van der Waals surface area contributed by atoms with Gasteiger partial charge < -0.3 is 9.64 Å². The molecule has 18 heavy (non-hydrogen) atoms. The molecular formula is C14H29N3O. The highest BCUT2D eigenvalue weighted by atomic mass is 16.5. The monoisotopic (exact) mass is 255 g/mol. The number of nitrogens with one attached hydrogen (secondary N) is 1. The summed E-state index contributed by atoms with van der Waals surface area (Å²) in [6.45, 7) is 3.13. The number of hydrazine groups is 1. The van der Waals surface area contributed by atoms with Crippen LogP contribution in [0.15, 0.2) is 0 Å². The Morgan fingerprint density at radius 3 is 2.44 bits per heavy atom. The molecule has 0 aromatic rings. The van der Waals surface area contributed by atoms with Crippen LogP contribution in [0.1, 0.15) is 39.0 Å². The highest BCUT2D eigenvalue weighted by Gasteiger charge is 2.41. The van der Waals surface area contributed by atoms with Crippen molar-refractivity contribution in [2.45, 2.75) is 57.2 Å². The Morgan fingerprint density at radius 1 is 1.33 bits per heavy atom. The smallest absolute Gasteiger partial charge is 0.0465 e. The number of hydrogen-bond acceptors (Lipinski definition) is 4. The van der Waals surface area contributed by atoms with Gasteiger partial charge in [0.15, 0.2) is 0 Å². The van der Waals surface area contributed by atoms with Crippen LogP contribution in [0.25, 0.3) is 0 Å². The van der Waals surface area contributed by atoms with Crippen molar-refractivity contribution < 1.29 is 4.74 Å². The lowest BCUT2D eigenvalue weighted by atomic mass is 9.79. The van der Waals surface area contributed by atoms with E-state index in [9.17, 15) is 0 Å². The maximum Gasteiger partial charge on any atom is 0.0465 e. The molecule has 106 valence electrons.